The van der Waals surface area contributed by atoms with Crippen LogP contribution in [0.25, 0.3) is 11.6 Å². The third-order valence-electron chi connectivity index (χ3n) is 4.53. The molecule has 0 unspecified atom stereocenters. The van der Waals surface area contributed by atoms with Crippen molar-refractivity contribution in [3.05, 3.63) is 59.2 Å². The number of carboxylic acid groups (broad SMARTS) is 1. The van der Waals surface area contributed by atoms with Crippen molar-refractivity contribution in [2.24, 2.45) is 5.92 Å². The number of methoxy groups -OCH3 is 1. The summed E-state index contributed by atoms with van der Waals surface area (Å²) >= 11 is 0. The predicted octanol–water partition coefficient (Wildman–Crippen LogP) is 3.34. The number of ether oxygens (including phenoxy) is 2. The Bertz CT molecular complexity index is 1020. The van der Waals surface area contributed by atoms with E-state index in [1.807, 2.05) is 13.8 Å². The molecule has 1 heterocycles. The number of amides is 2. The molecular formula is C23H23NO6. The number of carbonyl (C=O) groups excluding carboxylic acids is 2. The van der Waals surface area contributed by atoms with Crippen LogP contribution in [-0.4, -0.2) is 48.1 Å². The van der Waals surface area contributed by atoms with Crippen molar-refractivity contribution < 1.29 is 29.0 Å². The molecule has 0 saturated heterocycles. The molecule has 0 radical (unpaired) electrons. The third-order valence-corrected chi connectivity index (χ3v) is 4.53. The van der Waals surface area contributed by atoms with Gasteiger partial charge < -0.3 is 14.6 Å². The quantitative estimate of drug-likeness (QED) is 0.557. The van der Waals surface area contributed by atoms with Gasteiger partial charge in [0.05, 0.1) is 13.7 Å². The van der Waals surface area contributed by atoms with Gasteiger partial charge in [0.15, 0.2) is 11.5 Å². The molecule has 2 aromatic rings. The predicted molar refractivity (Wildman–Crippen MR) is 111 cm³/mol. The molecule has 3 rings (SSSR count). The highest BCUT2D eigenvalue weighted by Gasteiger charge is 2.35. The second-order valence-electron chi connectivity index (χ2n) is 7.31. The highest BCUT2D eigenvalue weighted by molar-refractivity contribution is 6.34. The Morgan fingerprint density at radius 1 is 1.07 bits per heavy atom. The minimum absolute atomic E-state index is 0.242. The van der Waals surface area contributed by atoms with E-state index in [1.54, 1.807) is 55.7 Å². The first kappa shape index (κ1) is 21.1. The van der Waals surface area contributed by atoms with Crippen LogP contribution in [0.1, 0.15) is 35.3 Å². The van der Waals surface area contributed by atoms with Gasteiger partial charge in [-0.2, -0.15) is 0 Å². The zero-order valence-electron chi connectivity index (χ0n) is 17.0. The first-order valence-corrected chi connectivity index (χ1v) is 9.51. The Morgan fingerprint density at radius 3 is 2.40 bits per heavy atom. The number of imide groups is 1. The molecular weight excluding hydrogens is 386 g/mol. The van der Waals surface area contributed by atoms with E-state index >= 15 is 0 Å². The molecule has 7 nitrogen and oxygen atoms in total. The zero-order valence-corrected chi connectivity index (χ0v) is 17.0. The summed E-state index contributed by atoms with van der Waals surface area (Å²) in [5.41, 5.74) is 1.66. The minimum atomic E-state index is -1.26. The van der Waals surface area contributed by atoms with E-state index in [0.29, 0.717) is 35.2 Å². The van der Waals surface area contributed by atoms with E-state index in [4.69, 9.17) is 14.6 Å². The number of hydrogen-bond acceptors (Lipinski definition) is 5. The van der Waals surface area contributed by atoms with E-state index in [0.717, 1.165) is 4.90 Å². The highest BCUT2D eigenvalue weighted by Crippen LogP contribution is 2.33. The van der Waals surface area contributed by atoms with E-state index in [1.165, 1.54) is 0 Å². The molecule has 0 spiro atoms. The SMILES string of the molecule is COc1ccc(/C=C2\C(=O)N(CC(=O)O)C(=O)c3ccccc32)cc1OCC(C)C. The molecule has 0 bridgehead atoms. The Balaban J connectivity index is 2.07. The normalized spacial score (nSPS) is 14.8. The summed E-state index contributed by atoms with van der Waals surface area (Å²) in [6, 6.07) is 11.9. The smallest absolute Gasteiger partial charge is 0.323 e. The summed E-state index contributed by atoms with van der Waals surface area (Å²) in [4.78, 5) is 37.5. The van der Waals surface area contributed by atoms with Crippen LogP contribution in [0.5, 0.6) is 11.5 Å². The van der Waals surface area contributed by atoms with Gasteiger partial charge in [-0.15, -0.1) is 0 Å². The number of rotatable bonds is 7. The fourth-order valence-corrected chi connectivity index (χ4v) is 3.14. The van der Waals surface area contributed by atoms with Gasteiger partial charge >= 0.3 is 5.97 Å². The van der Waals surface area contributed by atoms with Gasteiger partial charge in [0.2, 0.25) is 0 Å². The van der Waals surface area contributed by atoms with Gasteiger partial charge in [-0.1, -0.05) is 38.1 Å². The van der Waals surface area contributed by atoms with E-state index < -0.39 is 24.3 Å². The van der Waals surface area contributed by atoms with Crippen LogP contribution < -0.4 is 9.47 Å². The van der Waals surface area contributed by atoms with Crippen molar-refractivity contribution in [2.45, 2.75) is 13.8 Å². The number of nitrogens with zero attached hydrogens (tertiary/aromatic N) is 1. The Morgan fingerprint density at radius 2 is 1.77 bits per heavy atom. The van der Waals surface area contributed by atoms with Crippen LogP contribution in [0.4, 0.5) is 0 Å². The van der Waals surface area contributed by atoms with Gasteiger partial charge in [0, 0.05) is 11.1 Å². The summed E-state index contributed by atoms with van der Waals surface area (Å²) in [6.07, 6.45) is 1.63. The van der Waals surface area contributed by atoms with Crippen molar-refractivity contribution in [3.63, 3.8) is 0 Å². The molecule has 0 aromatic heterocycles. The van der Waals surface area contributed by atoms with Gasteiger partial charge in [0.1, 0.15) is 6.54 Å². The van der Waals surface area contributed by atoms with Gasteiger partial charge in [-0.05, 0) is 41.3 Å². The molecule has 2 amide bonds. The maximum absolute atomic E-state index is 13.0. The first-order chi connectivity index (χ1) is 14.3. The van der Waals surface area contributed by atoms with Crippen LogP contribution in [0, 0.1) is 5.92 Å². The van der Waals surface area contributed by atoms with Crippen molar-refractivity contribution in [3.8, 4) is 11.5 Å². The average molecular weight is 409 g/mol. The third kappa shape index (κ3) is 4.35. The van der Waals surface area contributed by atoms with Gasteiger partial charge in [-0.25, -0.2) is 0 Å². The van der Waals surface area contributed by atoms with Crippen LogP contribution >= 0.6 is 0 Å². The monoisotopic (exact) mass is 409 g/mol. The zero-order chi connectivity index (χ0) is 21.8. The van der Waals surface area contributed by atoms with Crippen LogP contribution in [0.15, 0.2) is 42.5 Å². The highest BCUT2D eigenvalue weighted by atomic mass is 16.5. The number of benzene rings is 2. The molecule has 0 atom stereocenters. The maximum atomic E-state index is 13.0. The average Bonchev–Trinajstić information content (AvgIpc) is 2.72. The molecule has 7 heteroatoms. The number of carbonyl (C=O) groups is 3. The van der Waals surface area contributed by atoms with Crippen molar-refractivity contribution >= 4 is 29.4 Å². The fourth-order valence-electron chi connectivity index (χ4n) is 3.14. The summed E-state index contributed by atoms with van der Waals surface area (Å²) in [5, 5.41) is 9.13. The minimum Gasteiger partial charge on any atom is -0.493 e. The molecule has 2 aromatic carbocycles. The van der Waals surface area contributed by atoms with Crippen LogP contribution in [0.3, 0.4) is 0 Å². The topological polar surface area (TPSA) is 93.1 Å². The summed E-state index contributed by atoms with van der Waals surface area (Å²) in [6.45, 7) is 3.86. The number of aliphatic carboxylic acids is 1. The number of carboxylic acids is 1. The number of fused-ring (bicyclic) bond motifs is 1. The van der Waals surface area contributed by atoms with Crippen LogP contribution in [0.2, 0.25) is 0 Å². The molecule has 30 heavy (non-hydrogen) atoms. The molecule has 0 aliphatic carbocycles. The van der Waals surface area contributed by atoms with E-state index in [9.17, 15) is 14.4 Å². The summed E-state index contributed by atoms with van der Waals surface area (Å²) in [5.74, 6) is -1.11. The van der Waals surface area contributed by atoms with Crippen molar-refractivity contribution in [1.29, 1.82) is 0 Å². The molecule has 1 aliphatic heterocycles. The van der Waals surface area contributed by atoms with E-state index in [-0.39, 0.29) is 11.1 Å². The van der Waals surface area contributed by atoms with Crippen LogP contribution in [-0.2, 0) is 9.59 Å². The second-order valence-corrected chi connectivity index (χ2v) is 7.31. The maximum Gasteiger partial charge on any atom is 0.323 e. The molecule has 1 aliphatic rings. The lowest BCUT2D eigenvalue weighted by molar-refractivity contribution is -0.141. The van der Waals surface area contributed by atoms with Crippen molar-refractivity contribution in [1.82, 2.24) is 4.90 Å². The molecule has 1 N–H and O–H groups in total. The van der Waals surface area contributed by atoms with Crippen molar-refractivity contribution in [2.75, 3.05) is 20.3 Å². The Labute approximate surface area is 174 Å². The van der Waals surface area contributed by atoms with Gasteiger partial charge in [0.25, 0.3) is 11.8 Å². The molecule has 0 saturated carbocycles. The largest absolute Gasteiger partial charge is 0.493 e. The second kappa shape index (κ2) is 8.82. The first-order valence-electron chi connectivity index (χ1n) is 9.51. The van der Waals surface area contributed by atoms with Gasteiger partial charge in [-0.3, -0.25) is 19.3 Å². The lowest BCUT2D eigenvalue weighted by Gasteiger charge is -2.27. The lowest BCUT2D eigenvalue weighted by Crippen LogP contribution is -2.44. The molecule has 0 fully saturated rings. The Kier molecular flexibility index (Phi) is 6.20. The lowest BCUT2D eigenvalue weighted by atomic mass is 9.92. The standard InChI is InChI=1S/C23H23NO6/c1-14(2)13-30-20-11-15(8-9-19(20)29-3)10-18-16-6-4-5-7-17(16)22(27)24(23(18)28)12-21(25)26/h4-11,14H,12-13H2,1-3H3,(H,25,26)/b18-10-. The molecule has 156 valence electrons. The van der Waals surface area contributed by atoms with E-state index in [2.05, 4.69) is 0 Å². The Hall–Kier alpha value is -3.61. The summed E-state index contributed by atoms with van der Waals surface area (Å²) in [7, 11) is 1.55. The fraction of sp³-hybridized carbons (Fsp3) is 0.261. The summed E-state index contributed by atoms with van der Waals surface area (Å²) < 4.78 is 11.2. The number of hydrogen-bond donors (Lipinski definition) is 1.